The van der Waals surface area contributed by atoms with Gasteiger partial charge in [-0.2, -0.15) is 5.10 Å². The van der Waals surface area contributed by atoms with Gasteiger partial charge in [-0.1, -0.05) is 0 Å². The first-order valence-corrected chi connectivity index (χ1v) is 5.01. The molecule has 5 heteroatoms. The lowest BCUT2D eigenvalue weighted by Crippen LogP contribution is -2.33. The first-order valence-electron chi connectivity index (χ1n) is 5.01. The molecule has 1 aromatic rings. The molecule has 0 bridgehead atoms. The first kappa shape index (κ1) is 11.8. The van der Waals surface area contributed by atoms with E-state index in [2.05, 4.69) is 20.5 Å². The molecule has 1 heterocycles. The van der Waals surface area contributed by atoms with Crippen LogP contribution in [0, 0.1) is 13.8 Å². The topological polar surface area (TPSA) is 70.9 Å². The zero-order valence-electron chi connectivity index (χ0n) is 9.70. The SMILES string of the molecule is Cc1nnc(NC(C)(C)CCO)nc1C. The van der Waals surface area contributed by atoms with Crippen LogP contribution in [0.5, 0.6) is 0 Å². The Balaban J connectivity index is 2.76. The van der Waals surface area contributed by atoms with E-state index in [1.807, 2.05) is 27.7 Å². The van der Waals surface area contributed by atoms with Crippen LogP contribution in [0.1, 0.15) is 31.7 Å². The van der Waals surface area contributed by atoms with Crippen molar-refractivity contribution in [1.29, 1.82) is 0 Å². The van der Waals surface area contributed by atoms with E-state index in [4.69, 9.17) is 5.11 Å². The zero-order chi connectivity index (χ0) is 11.5. The highest BCUT2D eigenvalue weighted by molar-refractivity contribution is 5.28. The molecule has 0 fully saturated rings. The molecule has 0 saturated heterocycles. The summed E-state index contributed by atoms with van der Waals surface area (Å²) in [6.07, 6.45) is 0.642. The fraction of sp³-hybridized carbons (Fsp3) is 0.700. The number of nitrogens with zero attached hydrogens (tertiary/aromatic N) is 3. The third-order valence-corrected chi connectivity index (χ3v) is 2.28. The number of hydrogen-bond acceptors (Lipinski definition) is 5. The summed E-state index contributed by atoms with van der Waals surface area (Å²) in [6.45, 7) is 7.88. The number of aromatic nitrogens is 3. The summed E-state index contributed by atoms with van der Waals surface area (Å²) < 4.78 is 0. The molecule has 0 aromatic carbocycles. The van der Waals surface area contributed by atoms with Gasteiger partial charge in [-0.25, -0.2) is 4.98 Å². The molecule has 0 amide bonds. The number of aryl methyl sites for hydroxylation is 2. The molecule has 0 saturated carbocycles. The van der Waals surface area contributed by atoms with Crippen molar-refractivity contribution in [1.82, 2.24) is 15.2 Å². The minimum absolute atomic E-state index is 0.137. The molecule has 0 aliphatic heterocycles. The molecule has 84 valence electrons. The molecule has 0 radical (unpaired) electrons. The Morgan fingerprint density at radius 3 is 2.40 bits per heavy atom. The van der Waals surface area contributed by atoms with E-state index in [1.54, 1.807) is 0 Å². The van der Waals surface area contributed by atoms with Gasteiger partial charge in [0.2, 0.25) is 5.95 Å². The van der Waals surface area contributed by atoms with E-state index in [9.17, 15) is 0 Å². The summed E-state index contributed by atoms with van der Waals surface area (Å²) >= 11 is 0. The van der Waals surface area contributed by atoms with Crippen molar-refractivity contribution in [3.63, 3.8) is 0 Å². The summed E-state index contributed by atoms with van der Waals surface area (Å²) in [6, 6.07) is 0. The number of aliphatic hydroxyl groups excluding tert-OH is 1. The highest BCUT2D eigenvalue weighted by Gasteiger charge is 2.18. The minimum atomic E-state index is -0.224. The van der Waals surface area contributed by atoms with Crippen molar-refractivity contribution in [2.24, 2.45) is 0 Å². The second-order valence-electron chi connectivity index (χ2n) is 4.29. The molecule has 0 unspecified atom stereocenters. The third kappa shape index (κ3) is 3.43. The summed E-state index contributed by atoms with van der Waals surface area (Å²) in [5.41, 5.74) is 1.48. The lowest BCUT2D eigenvalue weighted by Gasteiger charge is -2.25. The van der Waals surface area contributed by atoms with Crippen LogP contribution >= 0.6 is 0 Å². The summed E-state index contributed by atoms with van der Waals surface area (Å²) in [5.74, 6) is 0.511. The highest BCUT2D eigenvalue weighted by Crippen LogP contribution is 2.14. The maximum Gasteiger partial charge on any atom is 0.243 e. The number of aliphatic hydroxyl groups is 1. The summed E-state index contributed by atoms with van der Waals surface area (Å²) in [4.78, 5) is 4.27. The molecule has 0 aliphatic carbocycles. The van der Waals surface area contributed by atoms with Crippen molar-refractivity contribution >= 4 is 5.95 Å². The van der Waals surface area contributed by atoms with Gasteiger partial charge in [-0.3, -0.25) is 0 Å². The summed E-state index contributed by atoms with van der Waals surface area (Å²) in [5, 5.41) is 20.0. The number of anilines is 1. The maximum absolute atomic E-state index is 8.88. The van der Waals surface area contributed by atoms with Crippen molar-refractivity contribution < 1.29 is 5.11 Å². The quantitative estimate of drug-likeness (QED) is 0.777. The van der Waals surface area contributed by atoms with Gasteiger partial charge in [0.1, 0.15) is 0 Å². The maximum atomic E-state index is 8.88. The monoisotopic (exact) mass is 210 g/mol. The second kappa shape index (κ2) is 4.53. The van der Waals surface area contributed by atoms with E-state index in [-0.39, 0.29) is 12.1 Å². The minimum Gasteiger partial charge on any atom is -0.396 e. The number of rotatable bonds is 4. The largest absolute Gasteiger partial charge is 0.396 e. The van der Waals surface area contributed by atoms with Crippen LogP contribution in [-0.2, 0) is 0 Å². The highest BCUT2D eigenvalue weighted by atomic mass is 16.3. The predicted molar refractivity (Wildman–Crippen MR) is 58.7 cm³/mol. The van der Waals surface area contributed by atoms with Crippen molar-refractivity contribution in [3.05, 3.63) is 11.4 Å². The van der Waals surface area contributed by atoms with Crippen LogP contribution < -0.4 is 5.32 Å². The van der Waals surface area contributed by atoms with Crippen LogP contribution in [0.25, 0.3) is 0 Å². The molecule has 2 N–H and O–H groups in total. The van der Waals surface area contributed by atoms with Crippen LogP contribution in [0.15, 0.2) is 0 Å². The number of hydrogen-bond donors (Lipinski definition) is 2. The Morgan fingerprint density at radius 2 is 1.87 bits per heavy atom. The van der Waals surface area contributed by atoms with E-state index in [0.29, 0.717) is 12.4 Å². The Kier molecular flexibility index (Phi) is 3.57. The van der Waals surface area contributed by atoms with Gasteiger partial charge in [-0.15, -0.1) is 5.10 Å². The molecular weight excluding hydrogens is 192 g/mol. The second-order valence-corrected chi connectivity index (χ2v) is 4.29. The Hall–Kier alpha value is -1.23. The van der Waals surface area contributed by atoms with Gasteiger partial charge in [-0.05, 0) is 34.1 Å². The van der Waals surface area contributed by atoms with Gasteiger partial charge in [0.15, 0.2) is 0 Å². The molecular formula is C10H18N4O. The molecule has 15 heavy (non-hydrogen) atoms. The van der Waals surface area contributed by atoms with Crippen molar-refractivity contribution in [2.75, 3.05) is 11.9 Å². The third-order valence-electron chi connectivity index (χ3n) is 2.28. The molecule has 0 aliphatic rings. The van der Waals surface area contributed by atoms with Gasteiger partial charge >= 0.3 is 0 Å². The fourth-order valence-electron chi connectivity index (χ4n) is 1.15. The Morgan fingerprint density at radius 1 is 1.20 bits per heavy atom. The van der Waals surface area contributed by atoms with Gasteiger partial charge < -0.3 is 10.4 Å². The standard InChI is InChI=1S/C10H18N4O/c1-7-8(2)13-14-9(11-7)12-10(3,4)5-6-15/h15H,5-6H2,1-4H3,(H,11,12,14). The van der Waals surface area contributed by atoms with Crippen LogP contribution in [0.4, 0.5) is 5.95 Å². The lowest BCUT2D eigenvalue weighted by molar-refractivity contribution is 0.260. The van der Waals surface area contributed by atoms with Gasteiger partial charge in [0, 0.05) is 12.1 Å². The first-order chi connectivity index (χ1) is 6.94. The smallest absolute Gasteiger partial charge is 0.243 e. The average Bonchev–Trinajstić information content (AvgIpc) is 2.10. The van der Waals surface area contributed by atoms with E-state index < -0.39 is 0 Å². The molecule has 1 aromatic heterocycles. The number of nitrogens with one attached hydrogen (secondary N) is 1. The lowest BCUT2D eigenvalue weighted by atomic mass is 10.0. The van der Waals surface area contributed by atoms with Crippen molar-refractivity contribution in [2.45, 2.75) is 39.7 Å². The molecule has 5 nitrogen and oxygen atoms in total. The van der Waals surface area contributed by atoms with Gasteiger partial charge in [0.05, 0.1) is 11.4 Å². The molecule has 0 atom stereocenters. The predicted octanol–water partition coefficient (Wildman–Crippen LogP) is 1.06. The molecule has 1 rings (SSSR count). The van der Waals surface area contributed by atoms with Crippen LogP contribution in [0.2, 0.25) is 0 Å². The van der Waals surface area contributed by atoms with Crippen molar-refractivity contribution in [3.8, 4) is 0 Å². The average molecular weight is 210 g/mol. The van der Waals surface area contributed by atoms with Crippen LogP contribution in [0.3, 0.4) is 0 Å². The van der Waals surface area contributed by atoms with E-state index >= 15 is 0 Å². The molecule has 0 spiro atoms. The van der Waals surface area contributed by atoms with E-state index in [1.165, 1.54) is 0 Å². The Bertz CT molecular complexity index is 338. The Labute approximate surface area is 90.0 Å². The van der Waals surface area contributed by atoms with Crippen LogP contribution in [-0.4, -0.2) is 32.4 Å². The zero-order valence-corrected chi connectivity index (χ0v) is 9.70. The summed E-state index contributed by atoms with van der Waals surface area (Å²) in [7, 11) is 0. The fourth-order valence-corrected chi connectivity index (χ4v) is 1.15. The van der Waals surface area contributed by atoms with Gasteiger partial charge in [0.25, 0.3) is 0 Å². The van der Waals surface area contributed by atoms with E-state index in [0.717, 1.165) is 11.4 Å². The normalized spacial score (nSPS) is 11.5.